The van der Waals surface area contributed by atoms with Gasteiger partial charge in [-0.2, -0.15) is 0 Å². The Balaban J connectivity index is 1.65. The summed E-state index contributed by atoms with van der Waals surface area (Å²) in [5.74, 6) is -0.0322. The van der Waals surface area contributed by atoms with E-state index < -0.39 is 0 Å². The summed E-state index contributed by atoms with van der Waals surface area (Å²) in [7, 11) is 0. The average Bonchev–Trinajstić information content (AvgIpc) is 2.97. The smallest absolute Gasteiger partial charge is 0.228 e. The van der Waals surface area contributed by atoms with Crippen LogP contribution in [0.4, 0.5) is 0 Å². The Kier molecular flexibility index (Phi) is 9.29. The number of hydrogen-bond donors (Lipinski definition) is 1. The second-order valence-electron chi connectivity index (χ2n) is 9.85. The Hall–Kier alpha value is -3.69. The predicted octanol–water partition coefficient (Wildman–Crippen LogP) is 7.55. The van der Waals surface area contributed by atoms with Crippen LogP contribution in [-0.4, -0.2) is 17.4 Å². The normalized spacial score (nSPS) is 14.4. The monoisotopic (exact) mass is 490 g/mol. The molecule has 0 spiro atoms. The second kappa shape index (κ2) is 13.0. The third-order valence-corrected chi connectivity index (χ3v) is 7.30. The molecule has 0 aliphatic rings. The van der Waals surface area contributed by atoms with Crippen LogP contribution in [0.2, 0.25) is 0 Å². The standard InChI is InChI=1S/C34H38N2O/c1-26(30-18-10-5-11-19-30)35-25-33(24-29-16-8-4-9-17-29)34(37)36(27(2)31-20-12-6-13-21-31)28(3)32-22-14-7-15-23-32/h4-23,26-28,33,35H,24-25H2,1-3H3/t26-,27+,28+,33-/m0/s1. The number of amides is 1. The van der Waals surface area contributed by atoms with Crippen LogP contribution < -0.4 is 5.32 Å². The lowest BCUT2D eigenvalue weighted by Crippen LogP contribution is -2.44. The van der Waals surface area contributed by atoms with E-state index in [1.54, 1.807) is 0 Å². The molecular weight excluding hydrogens is 452 g/mol. The molecule has 1 amide bonds. The highest BCUT2D eigenvalue weighted by Crippen LogP contribution is 2.32. The van der Waals surface area contributed by atoms with E-state index in [0.29, 0.717) is 13.0 Å². The third-order valence-electron chi connectivity index (χ3n) is 7.30. The van der Waals surface area contributed by atoms with Gasteiger partial charge in [0, 0.05) is 12.6 Å². The van der Waals surface area contributed by atoms with Crippen LogP contribution in [0.25, 0.3) is 0 Å². The van der Waals surface area contributed by atoms with Gasteiger partial charge in [-0.1, -0.05) is 121 Å². The Labute approximate surface area is 222 Å². The van der Waals surface area contributed by atoms with Crippen molar-refractivity contribution in [1.29, 1.82) is 0 Å². The van der Waals surface area contributed by atoms with Gasteiger partial charge < -0.3 is 10.2 Å². The predicted molar refractivity (Wildman–Crippen MR) is 153 cm³/mol. The van der Waals surface area contributed by atoms with E-state index in [2.05, 4.69) is 91.7 Å². The highest BCUT2D eigenvalue weighted by Gasteiger charge is 2.33. The van der Waals surface area contributed by atoms with Crippen LogP contribution in [0.15, 0.2) is 121 Å². The van der Waals surface area contributed by atoms with Gasteiger partial charge in [-0.3, -0.25) is 4.79 Å². The molecule has 4 aromatic rings. The molecule has 4 aromatic carbocycles. The number of nitrogens with zero attached hydrogens (tertiary/aromatic N) is 1. The summed E-state index contributed by atoms with van der Waals surface area (Å²) in [4.78, 5) is 16.6. The molecule has 190 valence electrons. The van der Waals surface area contributed by atoms with Crippen molar-refractivity contribution < 1.29 is 4.79 Å². The second-order valence-corrected chi connectivity index (χ2v) is 9.85. The summed E-state index contributed by atoms with van der Waals surface area (Å²) in [6, 6.07) is 41.5. The lowest BCUT2D eigenvalue weighted by molar-refractivity contribution is -0.140. The Morgan fingerprint density at radius 3 is 1.49 bits per heavy atom. The summed E-state index contributed by atoms with van der Waals surface area (Å²) < 4.78 is 0. The SMILES string of the molecule is C[C@H](NC[C@H](Cc1ccccc1)C(=O)N([C@H](C)c1ccccc1)[C@H](C)c1ccccc1)c1ccccc1. The summed E-state index contributed by atoms with van der Waals surface area (Å²) in [5.41, 5.74) is 4.68. The van der Waals surface area contributed by atoms with E-state index in [1.807, 2.05) is 60.7 Å². The van der Waals surface area contributed by atoms with Crippen LogP contribution in [0.5, 0.6) is 0 Å². The Morgan fingerprint density at radius 2 is 1.03 bits per heavy atom. The van der Waals surface area contributed by atoms with Gasteiger partial charge in [0.25, 0.3) is 0 Å². The van der Waals surface area contributed by atoms with Crippen molar-refractivity contribution in [1.82, 2.24) is 10.2 Å². The fourth-order valence-electron chi connectivity index (χ4n) is 5.04. The fourth-order valence-corrected chi connectivity index (χ4v) is 5.04. The Morgan fingerprint density at radius 1 is 0.622 bits per heavy atom. The molecule has 0 saturated carbocycles. The van der Waals surface area contributed by atoms with Gasteiger partial charge in [0.15, 0.2) is 0 Å². The number of rotatable bonds is 11. The van der Waals surface area contributed by atoms with E-state index in [4.69, 9.17) is 0 Å². The minimum atomic E-state index is -0.203. The van der Waals surface area contributed by atoms with E-state index in [9.17, 15) is 4.79 Å². The molecule has 0 aliphatic heterocycles. The molecular formula is C34H38N2O. The first-order chi connectivity index (χ1) is 18.0. The minimum Gasteiger partial charge on any atom is -0.329 e. The fraction of sp³-hybridized carbons (Fsp3) is 0.265. The van der Waals surface area contributed by atoms with Gasteiger partial charge in [0.2, 0.25) is 5.91 Å². The number of nitrogens with one attached hydrogen (secondary N) is 1. The summed E-state index contributed by atoms with van der Waals surface area (Å²) in [6.45, 7) is 7.05. The zero-order valence-corrected chi connectivity index (χ0v) is 22.1. The molecule has 37 heavy (non-hydrogen) atoms. The zero-order chi connectivity index (χ0) is 26.0. The van der Waals surface area contributed by atoms with Crippen molar-refractivity contribution >= 4 is 5.91 Å². The molecule has 0 fully saturated rings. The zero-order valence-electron chi connectivity index (χ0n) is 22.1. The van der Waals surface area contributed by atoms with Crippen molar-refractivity contribution in [2.75, 3.05) is 6.54 Å². The number of hydrogen-bond acceptors (Lipinski definition) is 2. The van der Waals surface area contributed by atoms with Gasteiger partial charge in [0.05, 0.1) is 18.0 Å². The van der Waals surface area contributed by atoms with Crippen LogP contribution in [-0.2, 0) is 11.2 Å². The lowest BCUT2D eigenvalue weighted by Gasteiger charge is -2.38. The van der Waals surface area contributed by atoms with Crippen molar-refractivity contribution in [2.45, 2.75) is 45.3 Å². The van der Waals surface area contributed by atoms with Gasteiger partial charge >= 0.3 is 0 Å². The number of carbonyl (C=O) groups is 1. The van der Waals surface area contributed by atoms with Crippen molar-refractivity contribution in [3.05, 3.63) is 144 Å². The van der Waals surface area contributed by atoms with Gasteiger partial charge in [-0.25, -0.2) is 0 Å². The molecule has 3 nitrogen and oxygen atoms in total. The molecule has 3 heteroatoms. The topological polar surface area (TPSA) is 32.3 Å². The number of benzene rings is 4. The molecule has 1 N–H and O–H groups in total. The van der Waals surface area contributed by atoms with Crippen molar-refractivity contribution in [2.24, 2.45) is 5.92 Å². The molecule has 4 atom stereocenters. The van der Waals surface area contributed by atoms with Crippen molar-refractivity contribution in [3.8, 4) is 0 Å². The maximum atomic E-state index is 14.5. The lowest BCUT2D eigenvalue weighted by atomic mass is 9.93. The summed E-state index contributed by atoms with van der Waals surface area (Å²) in [6.07, 6.45) is 0.688. The molecule has 0 saturated heterocycles. The molecule has 4 rings (SSSR count). The van der Waals surface area contributed by atoms with Crippen LogP contribution >= 0.6 is 0 Å². The first-order valence-electron chi connectivity index (χ1n) is 13.3. The van der Waals surface area contributed by atoms with Crippen LogP contribution in [0.3, 0.4) is 0 Å². The van der Waals surface area contributed by atoms with Crippen molar-refractivity contribution in [3.63, 3.8) is 0 Å². The molecule has 0 radical (unpaired) electrons. The van der Waals surface area contributed by atoms with E-state index in [0.717, 1.165) is 11.1 Å². The van der Waals surface area contributed by atoms with Gasteiger partial charge in [-0.05, 0) is 49.4 Å². The largest absolute Gasteiger partial charge is 0.329 e. The van der Waals surface area contributed by atoms with E-state index in [-0.39, 0.29) is 30.0 Å². The molecule has 0 heterocycles. The molecule has 0 unspecified atom stereocenters. The maximum Gasteiger partial charge on any atom is 0.228 e. The molecule has 0 aromatic heterocycles. The first-order valence-corrected chi connectivity index (χ1v) is 13.3. The number of carbonyl (C=O) groups excluding carboxylic acids is 1. The first kappa shape index (κ1) is 26.4. The quantitative estimate of drug-likeness (QED) is 0.235. The van der Waals surface area contributed by atoms with E-state index in [1.165, 1.54) is 11.1 Å². The maximum absolute atomic E-state index is 14.5. The van der Waals surface area contributed by atoms with Crippen LogP contribution in [0.1, 0.15) is 61.2 Å². The molecule has 0 aliphatic carbocycles. The summed E-state index contributed by atoms with van der Waals surface area (Å²) in [5, 5.41) is 3.66. The Bertz CT molecular complexity index is 1170. The summed E-state index contributed by atoms with van der Waals surface area (Å²) >= 11 is 0. The third kappa shape index (κ3) is 6.96. The van der Waals surface area contributed by atoms with E-state index >= 15 is 0 Å². The van der Waals surface area contributed by atoms with Crippen LogP contribution in [0, 0.1) is 5.92 Å². The highest BCUT2D eigenvalue weighted by molar-refractivity contribution is 5.80. The highest BCUT2D eigenvalue weighted by atomic mass is 16.2. The van der Waals surface area contributed by atoms with Gasteiger partial charge in [0.1, 0.15) is 0 Å². The average molecular weight is 491 g/mol. The minimum absolute atomic E-state index is 0.0614. The van der Waals surface area contributed by atoms with Gasteiger partial charge in [-0.15, -0.1) is 0 Å². The molecule has 0 bridgehead atoms.